The summed E-state index contributed by atoms with van der Waals surface area (Å²) in [5.74, 6) is -3.58. The Kier molecular flexibility index (Phi) is 2.83. The number of carbonyl (C=O) groups excluding carboxylic acids is 2. The Bertz CT molecular complexity index is 817. The molecular formula is C17H15NO6. The maximum atomic E-state index is 12.9. The second-order valence-corrected chi connectivity index (χ2v) is 6.56. The van der Waals surface area contributed by atoms with Gasteiger partial charge in [-0.2, -0.15) is 0 Å². The van der Waals surface area contributed by atoms with Crippen molar-refractivity contribution in [2.75, 3.05) is 11.5 Å². The lowest BCUT2D eigenvalue weighted by Gasteiger charge is -2.27. The van der Waals surface area contributed by atoms with E-state index in [1.165, 1.54) is 24.3 Å². The normalized spacial score (nSPS) is 36.5. The van der Waals surface area contributed by atoms with Crippen LogP contribution in [0.25, 0.3) is 0 Å². The van der Waals surface area contributed by atoms with Crippen molar-refractivity contribution in [2.24, 2.45) is 11.8 Å². The van der Waals surface area contributed by atoms with Crippen LogP contribution in [-0.4, -0.2) is 45.8 Å². The number of amides is 2. The van der Waals surface area contributed by atoms with Crippen LogP contribution in [0, 0.1) is 11.8 Å². The molecular weight excluding hydrogens is 314 g/mol. The van der Waals surface area contributed by atoms with Crippen LogP contribution in [0.15, 0.2) is 36.4 Å². The monoisotopic (exact) mass is 329 g/mol. The summed E-state index contributed by atoms with van der Waals surface area (Å²) < 4.78 is 5.83. The average molecular weight is 329 g/mol. The van der Waals surface area contributed by atoms with Crippen LogP contribution in [-0.2, 0) is 14.3 Å². The van der Waals surface area contributed by atoms with E-state index in [9.17, 15) is 19.5 Å². The number of ether oxygens (including phenoxy) is 1. The number of carboxylic acids is 1. The zero-order chi connectivity index (χ0) is 17.3. The van der Waals surface area contributed by atoms with Crippen LogP contribution in [0.1, 0.15) is 17.3 Å². The minimum absolute atomic E-state index is 0.00871. The number of carboxylic acid groups (broad SMARTS) is 1. The van der Waals surface area contributed by atoms with Gasteiger partial charge in [-0.1, -0.05) is 18.2 Å². The summed E-state index contributed by atoms with van der Waals surface area (Å²) in [5.41, 5.74) is -1.93. The maximum Gasteiger partial charge on any atom is 0.335 e. The van der Waals surface area contributed by atoms with Crippen molar-refractivity contribution < 1.29 is 29.3 Å². The van der Waals surface area contributed by atoms with Crippen molar-refractivity contribution >= 4 is 23.5 Å². The predicted molar refractivity (Wildman–Crippen MR) is 81.3 cm³/mol. The zero-order valence-electron chi connectivity index (χ0n) is 12.8. The van der Waals surface area contributed by atoms with Gasteiger partial charge in [0.05, 0.1) is 35.3 Å². The smallest absolute Gasteiger partial charge is 0.335 e. The summed E-state index contributed by atoms with van der Waals surface area (Å²) >= 11 is 0. The Balaban J connectivity index is 1.80. The largest absolute Gasteiger partial charge is 0.478 e. The molecule has 0 saturated carbocycles. The first-order valence-electron chi connectivity index (χ1n) is 7.55. The summed E-state index contributed by atoms with van der Waals surface area (Å²) in [7, 11) is 0. The summed E-state index contributed by atoms with van der Waals surface area (Å²) in [5, 5.41) is 18.9. The highest BCUT2D eigenvalue weighted by molar-refractivity contribution is 6.23. The number of anilines is 1. The number of hydrogen-bond acceptors (Lipinski definition) is 5. The minimum Gasteiger partial charge on any atom is -0.478 e. The fraction of sp³-hybridized carbons (Fsp3) is 0.353. The predicted octanol–water partition coefficient (Wildman–Crippen LogP) is 0.580. The van der Waals surface area contributed by atoms with Crippen molar-refractivity contribution in [2.45, 2.75) is 18.1 Å². The molecule has 2 saturated heterocycles. The molecule has 3 aliphatic heterocycles. The van der Waals surface area contributed by atoms with E-state index in [0.29, 0.717) is 0 Å². The molecule has 0 unspecified atom stereocenters. The molecule has 0 spiro atoms. The molecule has 7 nitrogen and oxygen atoms in total. The summed E-state index contributed by atoms with van der Waals surface area (Å²) in [6, 6.07) is 5.69. The molecule has 2 bridgehead atoms. The minimum atomic E-state index is -1.19. The van der Waals surface area contributed by atoms with Gasteiger partial charge in [-0.3, -0.25) is 9.59 Å². The first kappa shape index (κ1) is 15.0. The number of aliphatic hydroxyl groups excluding tert-OH is 1. The van der Waals surface area contributed by atoms with Crippen molar-refractivity contribution in [1.29, 1.82) is 0 Å². The molecule has 0 aliphatic carbocycles. The van der Waals surface area contributed by atoms with Gasteiger partial charge in [0, 0.05) is 0 Å². The van der Waals surface area contributed by atoms with Gasteiger partial charge in [0.25, 0.3) is 0 Å². The summed E-state index contributed by atoms with van der Waals surface area (Å²) in [4.78, 5) is 38.0. The number of imide groups is 1. The van der Waals surface area contributed by atoms with E-state index in [0.717, 1.165) is 4.90 Å². The highest BCUT2D eigenvalue weighted by Crippen LogP contribution is 2.57. The van der Waals surface area contributed by atoms with Gasteiger partial charge in [0.2, 0.25) is 11.8 Å². The molecule has 4 rings (SSSR count). The Morgan fingerprint density at radius 2 is 1.96 bits per heavy atom. The molecule has 3 heterocycles. The molecule has 2 fully saturated rings. The number of fused-ring (bicyclic) bond motifs is 5. The van der Waals surface area contributed by atoms with Gasteiger partial charge in [0.1, 0.15) is 5.60 Å². The van der Waals surface area contributed by atoms with Gasteiger partial charge in [0.15, 0.2) is 0 Å². The number of hydrogen-bond donors (Lipinski definition) is 2. The molecule has 0 radical (unpaired) electrons. The molecule has 1 aromatic rings. The highest BCUT2D eigenvalue weighted by atomic mass is 16.5. The molecule has 2 N–H and O–H groups in total. The third-order valence-corrected chi connectivity index (χ3v) is 5.15. The van der Waals surface area contributed by atoms with Gasteiger partial charge < -0.3 is 14.9 Å². The molecule has 3 aliphatic rings. The SMILES string of the molecule is C[C@@]12C=C[C@](CO)(O1)[C@@H]1C(=O)N(c3cccc(C(=O)O)c3)C(=O)[C@@H]12. The van der Waals surface area contributed by atoms with E-state index < -0.39 is 47.4 Å². The Morgan fingerprint density at radius 3 is 2.62 bits per heavy atom. The van der Waals surface area contributed by atoms with E-state index in [-0.39, 0.29) is 11.3 Å². The molecule has 2 amide bonds. The van der Waals surface area contributed by atoms with Crippen LogP contribution in [0.5, 0.6) is 0 Å². The van der Waals surface area contributed by atoms with Gasteiger partial charge in [-0.05, 0) is 25.1 Å². The van der Waals surface area contributed by atoms with E-state index in [1.807, 2.05) is 0 Å². The molecule has 0 aromatic heterocycles. The summed E-state index contributed by atoms with van der Waals surface area (Å²) in [6.07, 6.45) is 3.36. The zero-order valence-corrected chi connectivity index (χ0v) is 12.8. The van der Waals surface area contributed by atoms with E-state index in [1.54, 1.807) is 19.1 Å². The van der Waals surface area contributed by atoms with Crippen molar-refractivity contribution in [3.63, 3.8) is 0 Å². The maximum absolute atomic E-state index is 12.9. The standard InChI is InChI=1S/C17H15NO6/c1-16-5-6-17(8-19,24-16)12-11(16)13(20)18(14(12)21)10-4-2-3-9(7-10)15(22)23/h2-7,11-12,19H,8H2,1H3,(H,22,23)/t11-,12+,16+,17-/m1/s1. The third-order valence-electron chi connectivity index (χ3n) is 5.15. The van der Waals surface area contributed by atoms with Crippen LogP contribution in [0.4, 0.5) is 5.69 Å². The van der Waals surface area contributed by atoms with Crippen LogP contribution in [0.2, 0.25) is 0 Å². The van der Waals surface area contributed by atoms with Crippen molar-refractivity contribution in [1.82, 2.24) is 0 Å². The lowest BCUT2D eigenvalue weighted by molar-refractivity contribution is -0.131. The number of aromatic carboxylic acids is 1. The van der Waals surface area contributed by atoms with Crippen molar-refractivity contribution in [3.05, 3.63) is 42.0 Å². The topological polar surface area (TPSA) is 104 Å². The first-order chi connectivity index (χ1) is 11.3. The third kappa shape index (κ3) is 1.65. The molecule has 7 heteroatoms. The molecule has 124 valence electrons. The first-order valence-corrected chi connectivity index (χ1v) is 7.55. The average Bonchev–Trinajstić information content (AvgIpc) is 3.13. The lowest BCUT2D eigenvalue weighted by Crippen LogP contribution is -2.43. The van der Waals surface area contributed by atoms with Gasteiger partial charge in [-0.15, -0.1) is 0 Å². The molecule has 1 aromatic carbocycles. The Morgan fingerprint density at radius 1 is 1.25 bits per heavy atom. The number of carbonyl (C=O) groups is 3. The van der Waals surface area contributed by atoms with Crippen LogP contribution in [0.3, 0.4) is 0 Å². The van der Waals surface area contributed by atoms with E-state index >= 15 is 0 Å². The van der Waals surface area contributed by atoms with Crippen LogP contribution < -0.4 is 4.90 Å². The molecule has 24 heavy (non-hydrogen) atoms. The van der Waals surface area contributed by atoms with Crippen LogP contribution >= 0.6 is 0 Å². The fourth-order valence-corrected chi connectivity index (χ4v) is 4.07. The summed E-state index contributed by atoms with van der Waals surface area (Å²) in [6.45, 7) is 1.32. The quantitative estimate of drug-likeness (QED) is 0.621. The lowest BCUT2D eigenvalue weighted by atomic mass is 9.73. The Hall–Kier alpha value is -2.51. The fourth-order valence-electron chi connectivity index (χ4n) is 4.07. The van der Waals surface area contributed by atoms with E-state index in [4.69, 9.17) is 9.84 Å². The number of aliphatic hydroxyl groups is 1. The van der Waals surface area contributed by atoms with Crippen molar-refractivity contribution in [3.8, 4) is 0 Å². The number of nitrogens with zero attached hydrogens (tertiary/aromatic N) is 1. The second kappa shape index (κ2) is 4.52. The number of benzene rings is 1. The molecule has 4 atom stereocenters. The van der Waals surface area contributed by atoms with Gasteiger partial charge in [-0.25, -0.2) is 9.69 Å². The number of rotatable bonds is 3. The second-order valence-electron chi connectivity index (χ2n) is 6.56. The van der Waals surface area contributed by atoms with Gasteiger partial charge >= 0.3 is 5.97 Å². The van der Waals surface area contributed by atoms with E-state index in [2.05, 4.69) is 0 Å². The highest BCUT2D eigenvalue weighted by Gasteiger charge is 2.72. The Labute approximate surface area is 137 Å².